The van der Waals surface area contributed by atoms with Gasteiger partial charge in [-0.05, 0) is 24.1 Å². The zero-order valence-corrected chi connectivity index (χ0v) is 7.36. The highest BCUT2D eigenvalue weighted by Gasteiger charge is 2.19. The molecule has 0 aromatic heterocycles. The van der Waals surface area contributed by atoms with Gasteiger partial charge in [-0.15, -0.1) is 0 Å². The molecule has 2 rings (SSSR count). The highest BCUT2D eigenvalue weighted by atomic mass is 16.5. The molecule has 2 heteroatoms. The van der Waals surface area contributed by atoms with Crippen LogP contribution in [0.2, 0.25) is 0 Å². The van der Waals surface area contributed by atoms with Crippen LogP contribution < -0.4 is 0 Å². The van der Waals surface area contributed by atoms with Gasteiger partial charge in [-0.3, -0.25) is 0 Å². The fourth-order valence-corrected chi connectivity index (χ4v) is 1.44. The van der Waals surface area contributed by atoms with Crippen LogP contribution in [0.5, 0.6) is 0 Å². The predicted molar refractivity (Wildman–Crippen MR) is 49.2 cm³/mol. The van der Waals surface area contributed by atoms with Gasteiger partial charge in [-0.1, -0.05) is 24.3 Å². The molecule has 0 amide bonds. The molecule has 1 aromatic carbocycles. The first-order valence-corrected chi connectivity index (χ1v) is 4.22. The van der Waals surface area contributed by atoms with E-state index in [2.05, 4.69) is 0 Å². The van der Waals surface area contributed by atoms with E-state index in [4.69, 9.17) is 4.74 Å². The molecule has 0 saturated carbocycles. The lowest BCUT2D eigenvalue weighted by molar-refractivity contribution is -0.138. The molecular weight excluding hydrogens is 164 g/mol. The van der Waals surface area contributed by atoms with Crippen molar-refractivity contribution in [2.45, 2.75) is 13.0 Å². The van der Waals surface area contributed by atoms with Crippen LogP contribution in [-0.4, -0.2) is 5.97 Å². The molecule has 0 spiro atoms. The highest BCUT2D eigenvalue weighted by Crippen LogP contribution is 2.25. The summed E-state index contributed by atoms with van der Waals surface area (Å²) in [5, 5.41) is 0. The van der Waals surface area contributed by atoms with Gasteiger partial charge in [-0.2, -0.15) is 0 Å². The summed E-state index contributed by atoms with van der Waals surface area (Å²) in [5.41, 5.74) is 2.21. The standard InChI is InChI=1S/C11H10O2/c1-8-4-2-3-5-9(8)10-6-7-11(12)13-10/h2-7,10H,1H3. The molecule has 0 bridgehead atoms. The lowest BCUT2D eigenvalue weighted by Crippen LogP contribution is -2.01. The number of hydrogen-bond acceptors (Lipinski definition) is 2. The third-order valence-corrected chi connectivity index (χ3v) is 2.15. The van der Waals surface area contributed by atoms with E-state index in [0.29, 0.717) is 0 Å². The minimum atomic E-state index is -0.256. The number of aryl methyl sites for hydroxylation is 1. The second kappa shape index (κ2) is 3.05. The number of hydrogen-bond donors (Lipinski definition) is 0. The van der Waals surface area contributed by atoms with Gasteiger partial charge in [-0.25, -0.2) is 4.79 Å². The van der Waals surface area contributed by atoms with Gasteiger partial charge in [0.1, 0.15) is 6.10 Å². The van der Waals surface area contributed by atoms with Gasteiger partial charge in [0.15, 0.2) is 0 Å². The zero-order valence-electron chi connectivity index (χ0n) is 7.36. The molecule has 1 unspecified atom stereocenters. The molecule has 0 saturated heterocycles. The van der Waals surface area contributed by atoms with Crippen molar-refractivity contribution in [3.8, 4) is 0 Å². The Kier molecular flexibility index (Phi) is 1.89. The second-order valence-corrected chi connectivity index (χ2v) is 3.07. The fraction of sp³-hybridized carbons (Fsp3) is 0.182. The number of benzene rings is 1. The number of cyclic esters (lactones) is 1. The van der Waals surface area contributed by atoms with Gasteiger partial charge >= 0.3 is 5.97 Å². The molecule has 13 heavy (non-hydrogen) atoms. The van der Waals surface area contributed by atoms with Crippen molar-refractivity contribution in [2.75, 3.05) is 0 Å². The van der Waals surface area contributed by atoms with E-state index < -0.39 is 0 Å². The topological polar surface area (TPSA) is 26.3 Å². The van der Waals surface area contributed by atoms with Gasteiger partial charge < -0.3 is 4.74 Å². The van der Waals surface area contributed by atoms with E-state index in [1.807, 2.05) is 31.2 Å². The van der Waals surface area contributed by atoms with Crippen molar-refractivity contribution >= 4 is 5.97 Å². The maximum absolute atomic E-state index is 10.8. The smallest absolute Gasteiger partial charge is 0.331 e. The first-order valence-electron chi connectivity index (χ1n) is 4.22. The van der Waals surface area contributed by atoms with Crippen LogP contribution in [0.1, 0.15) is 17.2 Å². The summed E-state index contributed by atoms with van der Waals surface area (Å²) < 4.78 is 5.08. The van der Waals surface area contributed by atoms with E-state index in [1.54, 1.807) is 6.08 Å². The van der Waals surface area contributed by atoms with Crippen molar-refractivity contribution in [1.29, 1.82) is 0 Å². The van der Waals surface area contributed by atoms with Crippen molar-refractivity contribution in [2.24, 2.45) is 0 Å². The highest BCUT2D eigenvalue weighted by molar-refractivity contribution is 5.84. The molecule has 0 N–H and O–H groups in total. The molecule has 2 nitrogen and oxygen atoms in total. The largest absolute Gasteiger partial charge is 0.450 e. The number of rotatable bonds is 1. The quantitative estimate of drug-likeness (QED) is 0.610. The van der Waals surface area contributed by atoms with E-state index in [9.17, 15) is 4.79 Å². The van der Waals surface area contributed by atoms with Gasteiger partial charge in [0.05, 0.1) is 0 Å². The van der Waals surface area contributed by atoms with Crippen molar-refractivity contribution in [3.05, 3.63) is 47.5 Å². The summed E-state index contributed by atoms with van der Waals surface area (Å²) in [6.45, 7) is 2.01. The summed E-state index contributed by atoms with van der Waals surface area (Å²) in [4.78, 5) is 10.8. The van der Waals surface area contributed by atoms with Crippen molar-refractivity contribution in [3.63, 3.8) is 0 Å². The predicted octanol–water partition coefficient (Wildman–Crippen LogP) is 2.15. The normalized spacial score (nSPS) is 20.4. The molecule has 1 atom stereocenters. The zero-order chi connectivity index (χ0) is 9.26. The van der Waals surface area contributed by atoms with Crippen molar-refractivity contribution < 1.29 is 9.53 Å². The maximum Gasteiger partial charge on any atom is 0.331 e. The SMILES string of the molecule is Cc1ccccc1C1C=CC(=O)O1. The fourth-order valence-electron chi connectivity index (χ4n) is 1.44. The molecule has 1 aliphatic rings. The number of carbonyl (C=O) groups is 1. The van der Waals surface area contributed by atoms with Crippen LogP contribution >= 0.6 is 0 Å². The average molecular weight is 174 g/mol. The van der Waals surface area contributed by atoms with Crippen LogP contribution in [0.4, 0.5) is 0 Å². The molecule has 0 fully saturated rings. The van der Waals surface area contributed by atoms with Crippen LogP contribution in [-0.2, 0) is 9.53 Å². The molecule has 0 aliphatic carbocycles. The monoisotopic (exact) mass is 174 g/mol. The van der Waals surface area contributed by atoms with Gasteiger partial charge in [0.2, 0.25) is 0 Å². The first kappa shape index (κ1) is 8.05. The minimum Gasteiger partial charge on any atom is -0.450 e. The lowest BCUT2D eigenvalue weighted by Gasteiger charge is -2.10. The van der Waals surface area contributed by atoms with Gasteiger partial charge in [0, 0.05) is 6.08 Å². The summed E-state index contributed by atoms with van der Waals surface area (Å²) in [5.74, 6) is -0.256. The van der Waals surface area contributed by atoms with E-state index in [-0.39, 0.29) is 12.1 Å². The Hall–Kier alpha value is -1.57. The Morgan fingerprint density at radius 3 is 2.69 bits per heavy atom. The van der Waals surface area contributed by atoms with Crippen LogP contribution in [0.15, 0.2) is 36.4 Å². The second-order valence-electron chi connectivity index (χ2n) is 3.07. The molecule has 1 aliphatic heterocycles. The Labute approximate surface area is 76.8 Å². The average Bonchev–Trinajstić information content (AvgIpc) is 2.53. The Morgan fingerprint density at radius 1 is 1.31 bits per heavy atom. The maximum atomic E-state index is 10.8. The summed E-state index contributed by atoms with van der Waals surface area (Å²) in [7, 11) is 0. The summed E-state index contributed by atoms with van der Waals surface area (Å²) in [6, 6.07) is 7.90. The van der Waals surface area contributed by atoms with Crippen LogP contribution in [0.3, 0.4) is 0 Å². The Balaban J connectivity index is 2.32. The molecule has 1 heterocycles. The van der Waals surface area contributed by atoms with Crippen LogP contribution in [0.25, 0.3) is 0 Å². The minimum absolute atomic E-state index is 0.186. The van der Waals surface area contributed by atoms with Crippen LogP contribution in [0, 0.1) is 6.92 Å². The van der Waals surface area contributed by atoms with Crippen molar-refractivity contribution in [1.82, 2.24) is 0 Å². The lowest BCUT2D eigenvalue weighted by atomic mass is 10.0. The van der Waals surface area contributed by atoms with E-state index in [1.165, 1.54) is 6.08 Å². The van der Waals surface area contributed by atoms with Gasteiger partial charge in [0.25, 0.3) is 0 Å². The summed E-state index contributed by atoms with van der Waals surface area (Å²) >= 11 is 0. The number of carbonyl (C=O) groups excluding carboxylic acids is 1. The van der Waals surface area contributed by atoms with E-state index in [0.717, 1.165) is 11.1 Å². The number of esters is 1. The summed E-state index contributed by atoms with van der Waals surface area (Å²) in [6.07, 6.45) is 3.07. The molecule has 1 aromatic rings. The van der Waals surface area contributed by atoms with E-state index >= 15 is 0 Å². The number of ether oxygens (including phenoxy) is 1. The Morgan fingerprint density at radius 2 is 2.08 bits per heavy atom. The third-order valence-electron chi connectivity index (χ3n) is 2.15. The molecule has 66 valence electrons. The molecular formula is C11H10O2. The third kappa shape index (κ3) is 1.47. The first-order chi connectivity index (χ1) is 6.27. The Bertz CT molecular complexity index is 366. The molecule has 0 radical (unpaired) electrons.